The van der Waals surface area contributed by atoms with E-state index in [1.807, 2.05) is 9.25 Å². The van der Waals surface area contributed by atoms with Crippen molar-refractivity contribution in [3.63, 3.8) is 0 Å². The van der Waals surface area contributed by atoms with Crippen molar-refractivity contribution in [2.45, 2.75) is 33.0 Å². The highest BCUT2D eigenvalue weighted by Gasteiger charge is 2.03. The van der Waals surface area contributed by atoms with E-state index in [2.05, 4.69) is 67.1 Å². The van der Waals surface area contributed by atoms with Crippen LogP contribution in [0.2, 0.25) is 0 Å². The van der Waals surface area contributed by atoms with Gasteiger partial charge in [0.05, 0.1) is 6.54 Å². The van der Waals surface area contributed by atoms with Crippen LogP contribution in [0.25, 0.3) is 0 Å². The quantitative estimate of drug-likeness (QED) is 0.279. The molecule has 0 saturated heterocycles. The third-order valence-electron chi connectivity index (χ3n) is 4.14. The summed E-state index contributed by atoms with van der Waals surface area (Å²) in [6.45, 7) is 5.02. The monoisotopic (exact) mass is 495 g/mol. The summed E-state index contributed by atoms with van der Waals surface area (Å²) < 4.78 is 3.86. The van der Waals surface area contributed by atoms with Crippen molar-refractivity contribution >= 4 is 29.9 Å². The van der Waals surface area contributed by atoms with E-state index in [1.165, 1.54) is 11.1 Å². The molecule has 9 nitrogen and oxygen atoms in total. The van der Waals surface area contributed by atoms with Gasteiger partial charge in [0.1, 0.15) is 24.8 Å². The van der Waals surface area contributed by atoms with Crippen LogP contribution in [0.4, 0.5) is 0 Å². The first-order chi connectivity index (χ1) is 13.3. The molecule has 10 heteroatoms. The zero-order valence-corrected chi connectivity index (χ0v) is 18.4. The molecule has 3 rings (SSSR count). The fraction of sp³-hybridized carbons (Fsp3) is 0.389. The molecule has 0 saturated carbocycles. The molecule has 3 aromatic rings. The molecule has 0 spiro atoms. The highest BCUT2D eigenvalue weighted by molar-refractivity contribution is 14.0. The molecule has 0 fully saturated rings. The number of nitrogens with zero attached hydrogens (tertiary/aromatic N) is 7. The van der Waals surface area contributed by atoms with Gasteiger partial charge in [-0.05, 0) is 11.1 Å². The van der Waals surface area contributed by atoms with Crippen LogP contribution in [0, 0.1) is 0 Å². The van der Waals surface area contributed by atoms with Gasteiger partial charge in [0, 0.05) is 33.1 Å². The molecule has 2 heterocycles. The van der Waals surface area contributed by atoms with Gasteiger partial charge in [0.15, 0.2) is 5.96 Å². The molecular weight excluding hydrogens is 469 g/mol. The van der Waals surface area contributed by atoms with Crippen molar-refractivity contribution in [1.29, 1.82) is 0 Å². The van der Waals surface area contributed by atoms with Crippen LogP contribution in [0.15, 0.2) is 48.2 Å². The minimum absolute atomic E-state index is 0. The van der Waals surface area contributed by atoms with Crippen molar-refractivity contribution in [3.8, 4) is 0 Å². The zero-order valence-electron chi connectivity index (χ0n) is 16.1. The number of hydrogen-bond donors (Lipinski definition) is 2. The average Bonchev–Trinajstić information content (AvgIpc) is 3.36. The normalized spacial score (nSPS) is 11.1. The number of benzene rings is 1. The smallest absolute Gasteiger partial charge is 0.191 e. The molecule has 2 aromatic heterocycles. The summed E-state index contributed by atoms with van der Waals surface area (Å²) in [6.07, 6.45) is 5.90. The second-order valence-electron chi connectivity index (χ2n) is 6.06. The molecule has 2 N–H and O–H groups in total. The number of aryl methyl sites for hydroxylation is 1. The lowest BCUT2D eigenvalue weighted by atomic mass is 10.1. The van der Waals surface area contributed by atoms with E-state index in [0.717, 1.165) is 31.3 Å². The molecule has 150 valence electrons. The van der Waals surface area contributed by atoms with Crippen LogP contribution < -0.4 is 10.6 Å². The van der Waals surface area contributed by atoms with E-state index in [1.54, 1.807) is 26.0 Å². The van der Waals surface area contributed by atoms with Crippen molar-refractivity contribution in [3.05, 3.63) is 60.2 Å². The highest BCUT2D eigenvalue weighted by atomic mass is 127. The number of hydrogen-bond acceptors (Lipinski definition) is 5. The lowest BCUT2D eigenvalue weighted by molar-refractivity contribution is 0.632. The Balaban J connectivity index is 0.00000280. The number of guanidine groups is 1. The van der Waals surface area contributed by atoms with Gasteiger partial charge >= 0.3 is 0 Å². The number of rotatable bonds is 8. The Morgan fingerprint density at radius 1 is 1.18 bits per heavy atom. The van der Waals surface area contributed by atoms with Crippen molar-refractivity contribution < 1.29 is 0 Å². The molecule has 1 aromatic carbocycles. The second kappa shape index (κ2) is 11.4. The first-order valence-electron chi connectivity index (χ1n) is 9.00. The Hall–Kier alpha value is -2.50. The van der Waals surface area contributed by atoms with Gasteiger partial charge in [0.25, 0.3) is 0 Å². The molecule has 0 aliphatic heterocycles. The fourth-order valence-corrected chi connectivity index (χ4v) is 2.78. The van der Waals surface area contributed by atoms with Crippen molar-refractivity contribution in [2.24, 2.45) is 4.99 Å². The maximum absolute atomic E-state index is 4.28. The number of nitrogens with one attached hydrogen (secondary N) is 2. The summed E-state index contributed by atoms with van der Waals surface area (Å²) >= 11 is 0. The molecule has 0 amide bonds. The molecule has 0 bridgehead atoms. The van der Waals surface area contributed by atoms with Crippen LogP contribution in [0.1, 0.15) is 23.9 Å². The van der Waals surface area contributed by atoms with E-state index < -0.39 is 0 Å². The predicted octanol–water partition coefficient (Wildman–Crippen LogP) is 1.46. The van der Waals surface area contributed by atoms with Gasteiger partial charge in [-0.25, -0.2) is 9.67 Å². The minimum Gasteiger partial charge on any atom is -0.355 e. The van der Waals surface area contributed by atoms with Gasteiger partial charge in [-0.2, -0.15) is 5.10 Å². The van der Waals surface area contributed by atoms with E-state index in [-0.39, 0.29) is 24.0 Å². The van der Waals surface area contributed by atoms with Crippen LogP contribution in [0.5, 0.6) is 0 Å². The van der Waals surface area contributed by atoms with Crippen molar-refractivity contribution in [1.82, 2.24) is 40.2 Å². The van der Waals surface area contributed by atoms with Crippen LogP contribution in [0.3, 0.4) is 0 Å². The molecule has 0 unspecified atom stereocenters. The number of aliphatic imine (C=N–C) groups is 1. The van der Waals surface area contributed by atoms with Crippen LogP contribution in [-0.2, 0) is 26.1 Å². The fourth-order valence-electron chi connectivity index (χ4n) is 2.78. The Bertz CT molecular complexity index is 858. The van der Waals surface area contributed by atoms with Crippen molar-refractivity contribution in [2.75, 3.05) is 13.6 Å². The SMILES string of the molecule is CCc1nncn1CCNC(=NC)NCc1cccc(Cn2cncn2)c1.I. The van der Waals surface area contributed by atoms with Gasteiger partial charge in [-0.3, -0.25) is 4.99 Å². The minimum atomic E-state index is 0. The predicted molar refractivity (Wildman–Crippen MR) is 119 cm³/mol. The molecule has 0 atom stereocenters. The van der Waals surface area contributed by atoms with Crippen LogP contribution in [-0.4, -0.2) is 49.1 Å². The Labute approximate surface area is 181 Å². The number of aromatic nitrogens is 6. The summed E-state index contributed by atoms with van der Waals surface area (Å²) in [7, 11) is 1.77. The van der Waals surface area contributed by atoms with E-state index >= 15 is 0 Å². The van der Waals surface area contributed by atoms with Gasteiger partial charge in [-0.1, -0.05) is 31.2 Å². The van der Waals surface area contributed by atoms with Crippen LogP contribution >= 0.6 is 24.0 Å². The molecular formula is C18H26IN9. The Morgan fingerprint density at radius 3 is 2.79 bits per heavy atom. The molecule has 28 heavy (non-hydrogen) atoms. The molecule has 0 radical (unpaired) electrons. The lowest BCUT2D eigenvalue weighted by Gasteiger charge is -2.13. The Kier molecular flexibility index (Phi) is 8.85. The summed E-state index contributed by atoms with van der Waals surface area (Å²) in [6, 6.07) is 8.39. The van der Waals surface area contributed by atoms with E-state index in [0.29, 0.717) is 13.1 Å². The standard InChI is InChI=1S/C18H25N9.HI/c1-3-17-25-23-14-26(17)8-7-21-18(19-2)22-10-15-5-4-6-16(9-15)11-27-13-20-12-24-27;/h4-6,9,12-14H,3,7-8,10-11H2,1-2H3,(H2,19,21,22);1H. The summed E-state index contributed by atoms with van der Waals surface area (Å²) in [5, 5.41) is 18.9. The number of halogens is 1. The summed E-state index contributed by atoms with van der Waals surface area (Å²) in [4.78, 5) is 8.25. The third kappa shape index (κ3) is 6.29. The average molecular weight is 495 g/mol. The zero-order chi connectivity index (χ0) is 18.9. The second-order valence-corrected chi connectivity index (χ2v) is 6.06. The maximum atomic E-state index is 4.28. The first kappa shape index (κ1) is 21.8. The first-order valence-corrected chi connectivity index (χ1v) is 9.00. The largest absolute Gasteiger partial charge is 0.355 e. The highest BCUT2D eigenvalue weighted by Crippen LogP contribution is 2.06. The van der Waals surface area contributed by atoms with E-state index in [4.69, 9.17) is 0 Å². The molecule has 0 aliphatic carbocycles. The van der Waals surface area contributed by atoms with Gasteiger partial charge in [-0.15, -0.1) is 34.2 Å². The van der Waals surface area contributed by atoms with Gasteiger partial charge in [0.2, 0.25) is 0 Å². The molecule has 0 aliphatic rings. The van der Waals surface area contributed by atoms with E-state index in [9.17, 15) is 0 Å². The summed E-state index contributed by atoms with van der Waals surface area (Å²) in [5.41, 5.74) is 2.37. The third-order valence-corrected chi connectivity index (χ3v) is 4.14. The summed E-state index contributed by atoms with van der Waals surface area (Å²) in [5.74, 6) is 1.76. The topological polar surface area (TPSA) is 97.8 Å². The lowest BCUT2D eigenvalue weighted by Crippen LogP contribution is -2.38. The van der Waals surface area contributed by atoms with Gasteiger partial charge < -0.3 is 15.2 Å². The maximum Gasteiger partial charge on any atom is 0.191 e. The Morgan fingerprint density at radius 2 is 2.04 bits per heavy atom.